The molecule has 5 heterocycles. The summed E-state index contributed by atoms with van der Waals surface area (Å²) in [6.07, 6.45) is -5.65. The van der Waals surface area contributed by atoms with Crippen LogP contribution < -0.4 is 26.8 Å². The number of halogens is 1. The number of fused-ring (bicyclic) bond motifs is 4. The van der Waals surface area contributed by atoms with Crippen LogP contribution in [0.2, 0.25) is 0 Å². The van der Waals surface area contributed by atoms with E-state index in [4.69, 9.17) is 28.8 Å². The molecule has 2 unspecified atom stereocenters. The summed E-state index contributed by atoms with van der Waals surface area (Å²) >= 11 is 0.329. The first-order chi connectivity index (χ1) is 20.4. The molecule has 3 N–H and O–H groups in total. The predicted octanol–water partition coefficient (Wildman–Crippen LogP) is -0.759. The van der Waals surface area contributed by atoms with E-state index in [1.807, 2.05) is 4.98 Å². The molecular weight excluding hydrogens is 639 g/mol. The third kappa shape index (κ3) is 5.84. The Kier molecular flexibility index (Phi) is 8.12. The number of rotatable bonds is 3. The van der Waals surface area contributed by atoms with E-state index >= 15 is 4.39 Å². The van der Waals surface area contributed by atoms with Gasteiger partial charge in [0.05, 0.1) is 19.0 Å². The molecule has 1 aliphatic carbocycles. The Morgan fingerprint density at radius 1 is 1.19 bits per heavy atom. The molecule has 0 amide bonds. The molecule has 3 aromatic heterocycles. The van der Waals surface area contributed by atoms with Crippen molar-refractivity contribution < 1.29 is 46.4 Å². The van der Waals surface area contributed by atoms with Crippen LogP contribution in [0.3, 0.4) is 0 Å². The topological polar surface area (TPSA) is 251 Å². The fourth-order valence-electron chi connectivity index (χ4n) is 5.51. The molecule has 18 nitrogen and oxygen atoms in total. The summed E-state index contributed by atoms with van der Waals surface area (Å²) < 4.78 is 71.3. The van der Waals surface area contributed by atoms with Gasteiger partial charge in [-0.3, -0.25) is 23.5 Å². The van der Waals surface area contributed by atoms with E-state index < -0.39 is 81.3 Å². The Labute approximate surface area is 244 Å². The summed E-state index contributed by atoms with van der Waals surface area (Å²) in [7, 11) is -4.09. The summed E-state index contributed by atoms with van der Waals surface area (Å²) in [5.41, 5.74) is 4.66. The Hall–Kier alpha value is -2.51. The Morgan fingerprint density at radius 3 is 2.72 bits per heavy atom. The molecule has 10 atom stereocenters. The number of ether oxygens (including phenoxy) is 2. The second kappa shape index (κ2) is 11.4. The van der Waals surface area contributed by atoms with Gasteiger partial charge in [-0.1, -0.05) is 11.4 Å². The van der Waals surface area contributed by atoms with Gasteiger partial charge in [0.25, 0.3) is 13.4 Å². The minimum Gasteiger partial charge on any atom is -0.770 e. The number of nitrogens with two attached hydrogens (primary N) is 1. The number of phosphoric ester groups is 1. The van der Waals surface area contributed by atoms with Crippen LogP contribution >= 0.6 is 26.0 Å². The Morgan fingerprint density at radius 2 is 1.98 bits per heavy atom. The highest BCUT2D eigenvalue weighted by Gasteiger charge is 2.51. The van der Waals surface area contributed by atoms with Gasteiger partial charge in [-0.15, -0.1) is 0 Å². The van der Waals surface area contributed by atoms with Crippen LogP contribution in [-0.2, 0) is 32.2 Å². The van der Waals surface area contributed by atoms with E-state index in [2.05, 4.69) is 15.0 Å². The van der Waals surface area contributed by atoms with Crippen molar-refractivity contribution in [3.8, 4) is 0 Å². The highest BCUT2D eigenvalue weighted by Crippen LogP contribution is 2.58. The minimum atomic E-state index is -5.29. The van der Waals surface area contributed by atoms with E-state index in [-0.39, 0.29) is 29.2 Å². The number of anilines is 1. The van der Waals surface area contributed by atoms with Crippen molar-refractivity contribution in [2.24, 2.45) is 5.92 Å². The van der Waals surface area contributed by atoms with E-state index in [0.29, 0.717) is 11.4 Å². The summed E-state index contributed by atoms with van der Waals surface area (Å²) in [4.78, 5) is 64.4. The molecule has 43 heavy (non-hydrogen) atoms. The first-order valence-corrected chi connectivity index (χ1v) is 17.3. The number of nitrogens with one attached hydrogen (secondary N) is 1. The standard InChI is InChI=1S/C21H26FN7O11P2S/c1-36-17-16-11(38-20(17)28-3-2-12(30)27-21(28)31)5-37-41(32,33)39-15-10(4-9(13(15)22)6-43-42(34,35)40-16)29-8-26-14-18(23)24-7-25-19(14)29/h2-3,7-11,13,15-17,20H,4-6H2,1H3,(H,32,33)(H,34,35)(H2,23,24,25)(H,27,30,31)/p-2/t9-,10-,11-,13-,15+,16-,17-,20-/m1/s1. The van der Waals surface area contributed by atoms with Crippen LogP contribution in [0.15, 0.2) is 34.5 Å². The fourth-order valence-corrected chi connectivity index (χ4v) is 9.37. The second-order valence-electron chi connectivity index (χ2n) is 10.00. The largest absolute Gasteiger partial charge is 0.770 e. The number of alkyl halides is 1. The third-order valence-corrected chi connectivity index (χ3v) is 11.5. The molecule has 2 saturated heterocycles. The highest BCUT2D eigenvalue weighted by molar-refractivity contribution is 8.54. The van der Waals surface area contributed by atoms with E-state index in [9.17, 15) is 28.5 Å². The number of hydrogen-bond donors (Lipinski definition) is 2. The van der Waals surface area contributed by atoms with Gasteiger partial charge in [-0.05, 0) is 6.42 Å². The molecular formula is C21H24FN7O11P2S-2. The van der Waals surface area contributed by atoms with Gasteiger partial charge in [0, 0.05) is 31.0 Å². The number of methoxy groups -OCH3 is 1. The van der Waals surface area contributed by atoms with Crippen molar-refractivity contribution >= 4 is 43.0 Å². The highest BCUT2D eigenvalue weighted by atomic mass is 32.7. The molecule has 3 aliphatic rings. The van der Waals surface area contributed by atoms with Crippen LogP contribution in [-0.4, -0.2) is 79.1 Å². The van der Waals surface area contributed by atoms with Gasteiger partial charge in [-0.25, -0.2) is 24.1 Å². The smallest absolute Gasteiger partial charge is 0.330 e. The average Bonchev–Trinajstić information content (AvgIpc) is 3.60. The molecule has 3 aromatic rings. The fraction of sp³-hybridized carbons (Fsp3) is 0.571. The van der Waals surface area contributed by atoms with Crippen LogP contribution in [0.25, 0.3) is 11.2 Å². The van der Waals surface area contributed by atoms with Crippen molar-refractivity contribution in [1.82, 2.24) is 29.1 Å². The van der Waals surface area contributed by atoms with E-state index in [1.54, 1.807) is 0 Å². The monoisotopic (exact) mass is 663 g/mol. The average molecular weight is 663 g/mol. The molecule has 0 spiro atoms. The first kappa shape index (κ1) is 30.5. The lowest BCUT2D eigenvalue weighted by molar-refractivity contribution is -0.235. The van der Waals surface area contributed by atoms with E-state index in [1.165, 1.54) is 24.3 Å². The predicted molar refractivity (Wildman–Crippen MR) is 141 cm³/mol. The van der Waals surface area contributed by atoms with Gasteiger partial charge in [0.1, 0.15) is 42.4 Å². The lowest BCUT2D eigenvalue weighted by Gasteiger charge is -2.32. The van der Waals surface area contributed by atoms with E-state index in [0.717, 1.165) is 16.8 Å². The zero-order chi connectivity index (χ0) is 30.7. The summed E-state index contributed by atoms with van der Waals surface area (Å²) in [6.45, 7) is -5.68. The maximum absolute atomic E-state index is 15.8. The number of nitrogens with zero attached hydrogens (tertiary/aromatic N) is 5. The number of aromatic nitrogens is 6. The number of imidazole rings is 1. The lowest BCUT2D eigenvalue weighted by atomic mass is 10.1. The summed E-state index contributed by atoms with van der Waals surface area (Å²) in [6, 6.07) is 0.0335. The number of aromatic amines is 1. The molecule has 2 bridgehead atoms. The summed E-state index contributed by atoms with van der Waals surface area (Å²) in [5, 5.41) is 0. The minimum absolute atomic E-state index is 0.0513. The van der Waals surface area contributed by atoms with Crippen molar-refractivity contribution in [3.63, 3.8) is 0 Å². The molecule has 0 aromatic carbocycles. The van der Waals surface area contributed by atoms with Crippen LogP contribution in [0.1, 0.15) is 18.7 Å². The molecule has 234 valence electrons. The molecule has 1 saturated carbocycles. The van der Waals surface area contributed by atoms with Gasteiger partial charge in [-0.2, -0.15) is 0 Å². The molecule has 0 radical (unpaired) electrons. The van der Waals surface area contributed by atoms with Crippen molar-refractivity contribution in [2.45, 2.75) is 49.3 Å². The van der Waals surface area contributed by atoms with Crippen molar-refractivity contribution in [1.29, 1.82) is 0 Å². The zero-order valence-electron chi connectivity index (χ0n) is 22.0. The SMILES string of the molecule is CO[C@@H]1[C@@H]2OP(=O)([O-])SC[C@H]3C[C@@H](n4cnc5c(N)ncnc54)[C@H](OP(=O)([O-])OC[C@H]2O[C@H]1n1ccc(=O)[nH]c1=O)[C@@H]3F. The quantitative estimate of drug-likeness (QED) is 0.327. The summed E-state index contributed by atoms with van der Waals surface area (Å²) in [5.74, 6) is -1.29. The van der Waals surface area contributed by atoms with Crippen LogP contribution in [0.4, 0.5) is 10.2 Å². The van der Waals surface area contributed by atoms with Crippen molar-refractivity contribution in [2.75, 3.05) is 25.2 Å². The Balaban J connectivity index is 1.33. The van der Waals surface area contributed by atoms with Gasteiger partial charge in [0.2, 0.25) is 0 Å². The maximum Gasteiger partial charge on any atom is 0.330 e. The van der Waals surface area contributed by atoms with Crippen LogP contribution in [0.5, 0.6) is 0 Å². The van der Waals surface area contributed by atoms with Gasteiger partial charge < -0.3 is 43.1 Å². The number of phosphoric acid groups is 1. The molecule has 22 heteroatoms. The van der Waals surface area contributed by atoms with Gasteiger partial charge in [0.15, 0.2) is 24.5 Å². The van der Waals surface area contributed by atoms with Gasteiger partial charge >= 0.3 is 5.69 Å². The normalized spacial score (nSPS) is 38.7. The molecule has 6 rings (SSSR count). The van der Waals surface area contributed by atoms with Crippen molar-refractivity contribution in [3.05, 3.63) is 45.8 Å². The number of H-pyrrole nitrogens is 1. The zero-order valence-corrected chi connectivity index (χ0v) is 24.6. The first-order valence-electron chi connectivity index (χ1n) is 12.7. The third-order valence-electron chi connectivity index (χ3n) is 7.46. The molecule has 3 fully saturated rings. The van der Waals surface area contributed by atoms with Crippen LogP contribution in [0, 0.1) is 5.92 Å². The number of nitrogen functional groups attached to an aromatic ring is 1. The lowest BCUT2D eigenvalue weighted by Crippen LogP contribution is -2.40. The second-order valence-corrected chi connectivity index (χ2v) is 15.2. The Bertz CT molecular complexity index is 1740. The maximum atomic E-state index is 15.8. The molecule has 2 aliphatic heterocycles. The number of hydrogen-bond acceptors (Lipinski definition) is 16.